The van der Waals surface area contributed by atoms with Gasteiger partial charge >= 0.3 is 0 Å². The molecule has 0 spiro atoms. The molecule has 5 heteroatoms. The highest BCUT2D eigenvalue weighted by Gasteiger charge is 2.24. The van der Waals surface area contributed by atoms with Gasteiger partial charge in [0.05, 0.1) is 11.9 Å². The summed E-state index contributed by atoms with van der Waals surface area (Å²) in [7, 11) is 2.12. The molecule has 0 amide bonds. The van der Waals surface area contributed by atoms with E-state index < -0.39 is 0 Å². The molecule has 2 aromatic rings. The SMILES string of the molecule is Cc1sc2nc(CN(C)C(C)C(C)(C)C)nc(N)c2c1C. The fourth-order valence-corrected chi connectivity index (χ4v) is 3.47. The lowest BCUT2D eigenvalue weighted by molar-refractivity contribution is 0.132. The molecule has 0 fully saturated rings. The van der Waals surface area contributed by atoms with E-state index in [1.807, 2.05) is 0 Å². The molecule has 2 rings (SSSR count). The van der Waals surface area contributed by atoms with Gasteiger partial charge in [-0.25, -0.2) is 9.97 Å². The summed E-state index contributed by atoms with van der Waals surface area (Å²) in [6, 6.07) is 0.435. The smallest absolute Gasteiger partial charge is 0.146 e. The first-order valence-corrected chi connectivity index (χ1v) is 8.15. The van der Waals surface area contributed by atoms with Crippen LogP contribution >= 0.6 is 11.3 Å². The van der Waals surface area contributed by atoms with Crippen LogP contribution in [-0.4, -0.2) is 28.0 Å². The molecule has 1 unspecified atom stereocenters. The van der Waals surface area contributed by atoms with Gasteiger partial charge in [-0.3, -0.25) is 4.90 Å². The van der Waals surface area contributed by atoms with Gasteiger partial charge in [0.2, 0.25) is 0 Å². The lowest BCUT2D eigenvalue weighted by atomic mass is 9.87. The number of fused-ring (bicyclic) bond motifs is 1. The topological polar surface area (TPSA) is 55.0 Å². The minimum Gasteiger partial charge on any atom is -0.383 e. The third kappa shape index (κ3) is 3.19. The van der Waals surface area contributed by atoms with E-state index in [-0.39, 0.29) is 5.41 Å². The predicted molar refractivity (Wildman–Crippen MR) is 91.7 cm³/mol. The molecule has 1 atom stereocenters. The quantitative estimate of drug-likeness (QED) is 0.938. The van der Waals surface area contributed by atoms with Gasteiger partial charge in [-0.1, -0.05) is 20.8 Å². The summed E-state index contributed by atoms with van der Waals surface area (Å²) in [5, 5.41) is 1.02. The Morgan fingerprint density at radius 3 is 2.43 bits per heavy atom. The van der Waals surface area contributed by atoms with Crippen molar-refractivity contribution in [1.82, 2.24) is 14.9 Å². The van der Waals surface area contributed by atoms with Crippen molar-refractivity contribution in [2.75, 3.05) is 12.8 Å². The van der Waals surface area contributed by atoms with E-state index in [0.29, 0.717) is 18.4 Å². The van der Waals surface area contributed by atoms with Crippen molar-refractivity contribution in [1.29, 1.82) is 0 Å². The second-order valence-corrected chi connectivity index (χ2v) is 8.15. The van der Waals surface area contributed by atoms with Crippen LogP contribution in [0.4, 0.5) is 5.82 Å². The van der Waals surface area contributed by atoms with E-state index >= 15 is 0 Å². The van der Waals surface area contributed by atoms with Crippen LogP contribution in [-0.2, 0) is 6.54 Å². The van der Waals surface area contributed by atoms with Gasteiger partial charge in [0, 0.05) is 10.9 Å². The summed E-state index contributed by atoms with van der Waals surface area (Å²) >= 11 is 1.70. The van der Waals surface area contributed by atoms with E-state index in [9.17, 15) is 0 Å². The van der Waals surface area contributed by atoms with Crippen LogP contribution in [0, 0.1) is 19.3 Å². The molecular formula is C16H26N4S. The molecule has 2 heterocycles. The molecule has 116 valence electrons. The van der Waals surface area contributed by atoms with Crippen LogP contribution in [0.2, 0.25) is 0 Å². The number of nitrogens with two attached hydrogens (primary N) is 1. The Labute approximate surface area is 131 Å². The van der Waals surface area contributed by atoms with Crippen molar-refractivity contribution >= 4 is 27.4 Å². The first-order chi connectivity index (χ1) is 9.61. The molecule has 0 bridgehead atoms. The molecule has 2 aromatic heterocycles. The fourth-order valence-electron chi connectivity index (χ4n) is 2.42. The number of nitrogen functional groups attached to an aromatic ring is 1. The summed E-state index contributed by atoms with van der Waals surface area (Å²) in [5.74, 6) is 1.41. The Morgan fingerprint density at radius 2 is 1.86 bits per heavy atom. The molecule has 21 heavy (non-hydrogen) atoms. The van der Waals surface area contributed by atoms with Gasteiger partial charge in [0.15, 0.2) is 0 Å². The first kappa shape index (κ1) is 16.2. The Kier molecular flexibility index (Phi) is 4.26. The largest absolute Gasteiger partial charge is 0.383 e. The van der Waals surface area contributed by atoms with Crippen molar-refractivity contribution < 1.29 is 0 Å². The standard InChI is InChI=1S/C16H26N4S/c1-9-10(2)21-15-13(9)14(17)18-12(19-15)8-20(7)11(3)16(4,5)6/h11H,8H2,1-7H3,(H2,17,18,19). The Balaban J connectivity index is 2.32. The van der Waals surface area contributed by atoms with Crippen LogP contribution in [0.25, 0.3) is 10.2 Å². The maximum atomic E-state index is 6.15. The highest BCUT2D eigenvalue weighted by molar-refractivity contribution is 7.18. The van der Waals surface area contributed by atoms with E-state index in [1.165, 1.54) is 10.4 Å². The second kappa shape index (κ2) is 5.54. The normalized spacial score (nSPS) is 14.1. The minimum atomic E-state index is 0.223. The molecule has 0 saturated carbocycles. The Morgan fingerprint density at radius 1 is 1.24 bits per heavy atom. The number of hydrogen-bond donors (Lipinski definition) is 1. The molecule has 0 aromatic carbocycles. The third-order valence-corrected chi connectivity index (χ3v) is 5.51. The summed E-state index contributed by atoms with van der Waals surface area (Å²) in [4.78, 5) is 13.8. The van der Waals surface area contributed by atoms with E-state index in [2.05, 4.69) is 58.5 Å². The van der Waals surface area contributed by atoms with Crippen LogP contribution in [0.3, 0.4) is 0 Å². The molecule has 0 aliphatic rings. The molecule has 0 aliphatic carbocycles. The average molecular weight is 306 g/mol. The fraction of sp³-hybridized carbons (Fsp3) is 0.625. The number of rotatable bonds is 3. The summed E-state index contributed by atoms with van der Waals surface area (Å²) in [5.41, 5.74) is 7.57. The highest BCUT2D eigenvalue weighted by Crippen LogP contribution is 2.32. The van der Waals surface area contributed by atoms with E-state index in [4.69, 9.17) is 10.7 Å². The first-order valence-electron chi connectivity index (χ1n) is 7.33. The van der Waals surface area contributed by atoms with Gasteiger partial charge in [0.1, 0.15) is 16.5 Å². The second-order valence-electron chi connectivity index (χ2n) is 6.95. The predicted octanol–water partition coefficient (Wildman–Crippen LogP) is 3.76. The molecule has 0 aliphatic heterocycles. The zero-order valence-corrected chi connectivity index (χ0v) is 14.9. The van der Waals surface area contributed by atoms with Crippen LogP contribution < -0.4 is 5.73 Å². The summed E-state index contributed by atoms with van der Waals surface area (Å²) in [6.45, 7) is 13.9. The monoisotopic (exact) mass is 306 g/mol. The summed E-state index contributed by atoms with van der Waals surface area (Å²) in [6.07, 6.45) is 0. The van der Waals surface area contributed by atoms with Gasteiger partial charge in [-0.15, -0.1) is 11.3 Å². The number of thiophene rings is 1. The van der Waals surface area contributed by atoms with Gasteiger partial charge in [-0.05, 0) is 38.8 Å². The number of anilines is 1. The lowest BCUT2D eigenvalue weighted by Gasteiger charge is -2.34. The molecular weight excluding hydrogens is 280 g/mol. The van der Waals surface area contributed by atoms with Crippen LogP contribution in [0.5, 0.6) is 0 Å². The van der Waals surface area contributed by atoms with Gasteiger partial charge in [-0.2, -0.15) is 0 Å². The van der Waals surface area contributed by atoms with Crippen molar-refractivity contribution in [2.24, 2.45) is 5.41 Å². The average Bonchev–Trinajstić information content (AvgIpc) is 2.63. The zero-order chi connectivity index (χ0) is 15.9. The molecule has 0 saturated heterocycles. The minimum absolute atomic E-state index is 0.223. The number of hydrogen-bond acceptors (Lipinski definition) is 5. The van der Waals surface area contributed by atoms with Crippen molar-refractivity contribution in [3.8, 4) is 0 Å². The highest BCUT2D eigenvalue weighted by atomic mass is 32.1. The third-order valence-electron chi connectivity index (χ3n) is 4.41. The van der Waals surface area contributed by atoms with Gasteiger partial charge in [0.25, 0.3) is 0 Å². The zero-order valence-electron chi connectivity index (χ0n) is 14.1. The van der Waals surface area contributed by atoms with Crippen molar-refractivity contribution in [3.05, 3.63) is 16.3 Å². The summed E-state index contributed by atoms with van der Waals surface area (Å²) < 4.78 is 0. The Hall–Kier alpha value is -1.20. The van der Waals surface area contributed by atoms with Gasteiger partial charge < -0.3 is 5.73 Å². The van der Waals surface area contributed by atoms with Crippen LogP contribution in [0.15, 0.2) is 0 Å². The maximum Gasteiger partial charge on any atom is 0.146 e. The van der Waals surface area contributed by atoms with Crippen molar-refractivity contribution in [3.63, 3.8) is 0 Å². The number of aryl methyl sites for hydroxylation is 2. The maximum absolute atomic E-state index is 6.15. The Bertz CT molecular complexity index is 654. The van der Waals surface area contributed by atoms with E-state index in [0.717, 1.165) is 16.0 Å². The van der Waals surface area contributed by atoms with Crippen molar-refractivity contribution in [2.45, 2.75) is 54.1 Å². The molecule has 2 N–H and O–H groups in total. The number of nitrogens with zero attached hydrogens (tertiary/aromatic N) is 3. The number of aromatic nitrogens is 2. The molecule has 0 radical (unpaired) electrons. The lowest BCUT2D eigenvalue weighted by Crippen LogP contribution is -2.39. The molecule has 4 nitrogen and oxygen atoms in total. The van der Waals surface area contributed by atoms with E-state index in [1.54, 1.807) is 11.3 Å². The van der Waals surface area contributed by atoms with Crippen LogP contribution in [0.1, 0.15) is 44.0 Å².